The van der Waals surface area contributed by atoms with E-state index in [1.165, 1.54) is 0 Å². The van der Waals surface area contributed by atoms with E-state index in [0.29, 0.717) is 0 Å². The van der Waals surface area contributed by atoms with E-state index in [1.807, 2.05) is 6.92 Å². The van der Waals surface area contributed by atoms with Crippen LogP contribution >= 0.6 is 0 Å². The minimum atomic E-state index is -0.380. The lowest BCUT2D eigenvalue weighted by Gasteiger charge is -2.24. The summed E-state index contributed by atoms with van der Waals surface area (Å²) in [5.74, 6) is -1.02. The molecule has 2 aliphatic heterocycles. The van der Waals surface area contributed by atoms with Gasteiger partial charge < -0.3 is 9.47 Å². The zero-order chi connectivity index (χ0) is 9.16. The highest BCUT2D eigenvalue weighted by atomic mass is 16.6. The molecule has 4 nitrogen and oxygen atoms in total. The maximum absolute atomic E-state index is 11.3. The molecule has 70 valence electrons. The normalized spacial score (nSPS) is 52.5. The lowest BCUT2D eigenvalue weighted by atomic mass is 9.87. The average molecular weight is 182 g/mol. The molecule has 3 fully saturated rings. The van der Waals surface area contributed by atoms with Crippen LogP contribution in [0, 0.1) is 17.8 Å². The molecule has 0 aromatic rings. The van der Waals surface area contributed by atoms with Gasteiger partial charge in [-0.05, 0) is 13.3 Å². The maximum atomic E-state index is 11.3. The molecular weight excluding hydrogens is 172 g/mol. The highest BCUT2D eigenvalue weighted by Gasteiger charge is 2.63. The fourth-order valence-electron chi connectivity index (χ4n) is 2.91. The van der Waals surface area contributed by atoms with Crippen LogP contribution in [-0.4, -0.2) is 24.1 Å². The lowest BCUT2D eigenvalue weighted by Crippen LogP contribution is -2.35. The molecule has 5 unspecified atom stereocenters. The Morgan fingerprint density at radius 2 is 1.92 bits per heavy atom. The second kappa shape index (κ2) is 2.12. The van der Waals surface area contributed by atoms with E-state index in [9.17, 15) is 9.59 Å². The minimum Gasteiger partial charge on any atom is -0.393 e. The molecule has 3 rings (SSSR count). The van der Waals surface area contributed by atoms with Crippen LogP contribution in [0.2, 0.25) is 0 Å². The van der Waals surface area contributed by atoms with Crippen LogP contribution in [0.15, 0.2) is 0 Å². The molecule has 1 saturated carbocycles. The number of ether oxygens (including phenoxy) is 2. The fourth-order valence-corrected chi connectivity index (χ4v) is 2.91. The Balaban J connectivity index is 2.00. The van der Waals surface area contributed by atoms with Gasteiger partial charge in [0.2, 0.25) is 0 Å². The van der Waals surface area contributed by atoms with Gasteiger partial charge in [0.25, 0.3) is 0 Å². The fraction of sp³-hybridized carbons (Fsp3) is 0.778. The van der Waals surface area contributed by atoms with Crippen LogP contribution in [0.25, 0.3) is 0 Å². The largest absolute Gasteiger partial charge is 0.393 e. The van der Waals surface area contributed by atoms with Gasteiger partial charge in [-0.3, -0.25) is 9.59 Å². The van der Waals surface area contributed by atoms with E-state index in [1.54, 1.807) is 0 Å². The molecule has 2 saturated heterocycles. The molecule has 1 aliphatic carbocycles. The van der Waals surface area contributed by atoms with Gasteiger partial charge in [-0.15, -0.1) is 0 Å². The second-order valence-electron chi connectivity index (χ2n) is 4.07. The van der Waals surface area contributed by atoms with Crippen molar-refractivity contribution < 1.29 is 19.1 Å². The van der Waals surface area contributed by atoms with Crippen molar-refractivity contribution in [1.82, 2.24) is 0 Å². The number of carbonyl (C=O) groups excluding carboxylic acids is 2. The number of carbonyl (C=O) groups is 2. The number of rotatable bonds is 0. The third kappa shape index (κ3) is 0.746. The Hall–Kier alpha value is -0.900. The first kappa shape index (κ1) is 7.50. The van der Waals surface area contributed by atoms with Gasteiger partial charge in [-0.1, -0.05) is 0 Å². The average Bonchev–Trinajstić information content (AvgIpc) is 2.64. The van der Waals surface area contributed by atoms with E-state index in [2.05, 4.69) is 4.74 Å². The predicted molar refractivity (Wildman–Crippen MR) is 40.5 cm³/mol. The van der Waals surface area contributed by atoms with Crippen molar-refractivity contribution in [2.75, 3.05) is 0 Å². The third-order valence-electron chi connectivity index (χ3n) is 3.49. The Morgan fingerprint density at radius 3 is 2.69 bits per heavy atom. The Morgan fingerprint density at radius 1 is 1.23 bits per heavy atom. The summed E-state index contributed by atoms with van der Waals surface area (Å²) in [6.07, 6.45) is 0.880. The molecule has 3 aliphatic rings. The van der Waals surface area contributed by atoms with Gasteiger partial charge >= 0.3 is 11.9 Å². The van der Waals surface area contributed by atoms with Crippen LogP contribution in [0.4, 0.5) is 0 Å². The highest BCUT2D eigenvalue weighted by Crippen LogP contribution is 2.51. The van der Waals surface area contributed by atoms with Crippen molar-refractivity contribution >= 4 is 11.9 Å². The summed E-state index contributed by atoms with van der Waals surface area (Å²) >= 11 is 0. The van der Waals surface area contributed by atoms with Gasteiger partial charge in [-0.25, -0.2) is 0 Å². The lowest BCUT2D eigenvalue weighted by molar-refractivity contribution is -0.154. The first-order valence-corrected chi connectivity index (χ1v) is 4.59. The quantitative estimate of drug-likeness (QED) is 0.394. The number of hydrogen-bond donors (Lipinski definition) is 0. The molecule has 0 amide bonds. The van der Waals surface area contributed by atoms with Crippen molar-refractivity contribution in [1.29, 1.82) is 0 Å². The van der Waals surface area contributed by atoms with Crippen LogP contribution in [0.5, 0.6) is 0 Å². The molecule has 0 spiro atoms. The maximum Gasteiger partial charge on any atom is 0.320 e. The van der Waals surface area contributed by atoms with E-state index in [-0.39, 0.29) is 41.9 Å². The molecular formula is C9H10O4. The van der Waals surface area contributed by atoms with Gasteiger partial charge in [0.05, 0.1) is 24.0 Å². The monoisotopic (exact) mass is 182 g/mol. The van der Waals surface area contributed by atoms with Crippen LogP contribution in [0.3, 0.4) is 0 Å². The highest BCUT2D eigenvalue weighted by molar-refractivity contribution is 5.97. The molecule has 0 aromatic heterocycles. The zero-order valence-electron chi connectivity index (χ0n) is 7.23. The van der Waals surface area contributed by atoms with Crippen molar-refractivity contribution in [3.8, 4) is 0 Å². The topological polar surface area (TPSA) is 52.6 Å². The second-order valence-corrected chi connectivity index (χ2v) is 4.07. The molecule has 0 radical (unpaired) electrons. The van der Waals surface area contributed by atoms with Crippen molar-refractivity contribution in [3.05, 3.63) is 0 Å². The summed E-state index contributed by atoms with van der Waals surface area (Å²) in [4.78, 5) is 22.5. The van der Waals surface area contributed by atoms with E-state index in [0.717, 1.165) is 6.42 Å². The van der Waals surface area contributed by atoms with Crippen LogP contribution in [0.1, 0.15) is 13.3 Å². The van der Waals surface area contributed by atoms with E-state index in [4.69, 9.17) is 4.74 Å². The Labute approximate surface area is 75.2 Å². The van der Waals surface area contributed by atoms with Crippen molar-refractivity contribution in [3.63, 3.8) is 0 Å². The summed E-state index contributed by atoms with van der Waals surface area (Å²) in [6, 6.07) is 0. The summed E-state index contributed by atoms with van der Waals surface area (Å²) < 4.78 is 10.1. The molecule has 2 heterocycles. The molecule has 5 atom stereocenters. The van der Waals surface area contributed by atoms with Gasteiger partial charge in [0.1, 0.15) is 0 Å². The van der Waals surface area contributed by atoms with E-state index >= 15 is 0 Å². The standard InChI is InChI=1S/C9H10O4/c1-3-4-2-5(12-3)7-6(4)8(10)13-9(7)11/h3-7H,2H2,1H3. The van der Waals surface area contributed by atoms with Crippen molar-refractivity contribution in [2.24, 2.45) is 17.8 Å². The van der Waals surface area contributed by atoms with Crippen molar-refractivity contribution in [2.45, 2.75) is 25.6 Å². The molecule has 0 aromatic carbocycles. The summed E-state index contributed by atoms with van der Waals surface area (Å²) in [5.41, 5.74) is 0. The molecule has 0 N–H and O–H groups in total. The number of esters is 2. The Bertz CT molecular complexity index is 298. The predicted octanol–water partition coefficient (Wildman–Crippen LogP) is 0.109. The zero-order valence-corrected chi connectivity index (χ0v) is 7.23. The van der Waals surface area contributed by atoms with Gasteiger partial charge in [0.15, 0.2) is 0 Å². The first-order chi connectivity index (χ1) is 6.18. The number of fused-ring (bicyclic) bond motifs is 5. The third-order valence-corrected chi connectivity index (χ3v) is 3.49. The van der Waals surface area contributed by atoms with Crippen LogP contribution in [-0.2, 0) is 19.1 Å². The number of hydrogen-bond acceptors (Lipinski definition) is 4. The number of cyclic esters (lactones) is 2. The molecule has 2 bridgehead atoms. The molecule has 13 heavy (non-hydrogen) atoms. The van der Waals surface area contributed by atoms with Crippen LogP contribution < -0.4 is 0 Å². The smallest absolute Gasteiger partial charge is 0.320 e. The molecule has 4 heteroatoms. The summed E-state index contributed by atoms with van der Waals surface area (Å²) in [7, 11) is 0. The summed E-state index contributed by atoms with van der Waals surface area (Å²) in [5, 5.41) is 0. The summed E-state index contributed by atoms with van der Waals surface area (Å²) in [6.45, 7) is 1.96. The first-order valence-electron chi connectivity index (χ1n) is 4.59. The minimum absolute atomic E-state index is 0.0658. The van der Waals surface area contributed by atoms with E-state index < -0.39 is 0 Å². The van der Waals surface area contributed by atoms with Gasteiger partial charge in [0, 0.05) is 5.92 Å². The Kier molecular flexibility index (Phi) is 1.22. The van der Waals surface area contributed by atoms with Gasteiger partial charge in [-0.2, -0.15) is 0 Å². The SMILES string of the molecule is CC1OC2CC1C1C(=O)OC(=O)C21.